The fourth-order valence-corrected chi connectivity index (χ4v) is 3.48. The lowest BCUT2D eigenvalue weighted by molar-refractivity contribution is -0.137. The van der Waals surface area contributed by atoms with Gasteiger partial charge in [0.25, 0.3) is 5.91 Å². The van der Waals surface area contributed by atoms with E-state index in [9.17, 15) is 18.0 Å². The summed E-state index contributed by atoms with van der Waals surface area (Å²) in [5.74, 6) is 0.219. The second-order valence-electron chi connectivity index (χ2n) is 6.89. The molecule has 0 radical (unpaired) electrons. The first-order chi connectivity index (χ1) is 13.9. The summed E-state index contributed by atoms with van der Waals surface area (Å²) in [5.41, 5.74) is 0.838. The Morgan fingerprint density at radius 2 is 1.93 bits per heavy atom. The average Bonchev–Trinajstić information content (AvgIpc) is 2.73. The maximum absolute atomic E-state index is 12.8. The first-order valence-electron chi connectivity index (χ1n) is 9.20. The highest BCUT2D eigenvalue weighted by atomic mass is 19.4. The average molecular weight is 401 g/mol. The monoisotopic (exact) mass is 401 g/mol. The summed E-state index contributed by atoms with van der Waals surface area (Å²) in [6, 6.07) is 7.49. The molecule has 1 atom stereocenters. The van der Waals surface area contributed by atoms with Gasteiger partial charge >= 0.3 is 6.18 Å². The van der Waals surface area contributed by atoms with Gasteiger partial charge in [-0.05, 0) is 37.1 Å². The van der Waals surface area contributed by atoms with E-state index in [-0.39, 0.29) is 11.9 Å². The molecule has 0 bridgehead atoms. The van der Waals surface area contributed by atoms with Gasteiger partial charge in [0.05, 0.1) is 16.6 Å². The topological polar surface area (TPSA) is 71.0 Å². The Bertz CT molecular complexity index is 1020. The van der Waals surface area contributed by atoms with E-state index in [0.717, 1.165) is 25.1 Å². The highest BCUT2D eigenvalue weighted by Crippen LogP contribution is 2.29. The number of hydrogen-bond donors (Lipinski definition) is 1. The summed E-state index contributed by atoms with van der Waals surface area (Å²) in [7, 11) is 0. The second-order valence-corrected chi connectivity index (χ2v) is 6.89. The van der Waals surface area contributed by atoms with Gasteiger partial charge < -0.3 is 10.2 Å². The largest absolute Gasteiger partial charge is 0.417 e. The van der Waals surface area contributed by atoms with Crippen molar-refractivity contribution in [1.29, 1.82) is 0 Å². The van der Waals surface area contributed by atoms with Gasteiger partial charge in [-0.2, -0.15) is 13.2 Å². The normalized spacial score (nSPS) is 17.3. The van der Waals surface area contributed by atoms with Crippen molar-refractivity contribution in [2.24, 2.45) is 0 Å². The Hall–Kier alpha value is -3.23. The number of alkyl halides is 3. The molecule has 1 N–H and O–H groups in total. The quantitative estimate of drug-likeness (QED) is 0.728. The van der Waals surface area contributed by atoms with Crippen LogP contribution in [0.25, 0.3) is 11.0 Å². The second kappa shape index (κ2) is 7.65. The van der Waals surface area contributed by atoms with Gasteiger partial charge in [0.2, 0.25) is 0 Å². The lowest BCUT2D eigenvalue weighted by atomic mass is 10.0. The molecule has 3 heterocycles. The Morgan fingerprint density at radius 3 is 2.69 bits per heavy atom. The molecule has 1 aliphatic heterocycles. The van der Waals surface area contributed by atoms with Crippen LogP contribution < -0.4 is 10.2 Å². The molecular weight excluding hydrogens is 383 g/mol. The van der Waals surface area contributed by atoms with Crippen LogP contribution in [-0.2, 0) is 6.18 Å². The van der Waals surface area contributed by atoms with E-state index < -0.39 is 11.7 Å². The van der Waals surface area contributed by atoms with Gasteiger partial charge in [-0.3, -0.25) is 14.8 Å². The molecular formula is C20H18F3N5O. The van der Waals surface area contributed by atoms with E-state index in [4.69, 9.17) is 0 Å². The van der Waals surface area contributed by atoms with Crippen molar-refractivity contribution in [2.75, 3.05) is 18.0 Å². The maximum Gasteiger partial charge on any atom is 0.417 e. The van der Waals surface area contributed by atoms with Gasteiger partial charge in [0.15, 0.2) is 0 Å². The number of benzene rings is 1. The minimum absolute atomic E-state index is 0.146. The molecule has 1 unspecified atom stereocenters. The van der Waals surface area contributed by atoms with Gasteiger partial charge in [0, 0.05) is 37.7 Å². The van der Waals surface area contributed by atoms with E-state index in [0.29, 0.717) is 35.5 Å². The molecule has 0 aliphatic carbocycles. The Kier molecular flexibility index (Phi) is 5.04. The summed E-state index contributed by atoms with van der Waals surface area (Å²) >= 11 is 0. The third kappa shape index (κ3) is 4.13. The number of fused-ring (bicyclic) bond motifs is 1. The fourth-order valence-electron chi connectivity index (χ4n) is 3.48. The molecule has 1 aromatic carbocycles. The van der Waals surface area contributed by atoms with E-state index >= 15 is 0 Å². The molecule has 0 spiro atoms. The van der Waals surface area contributed by atoms with Crippen LogP contribution in [0.3, 0.4) is 0 Å². The molecule has 3 aromatic rings. The van der Waals surface area contributed by atoms with Crippen LogP contribution in [0.15, 0.2) is 48.9 Å². The summed E-state index contributed by atoms with van der Waals surface area (Å²) < 4.78 is 38.2. The van der Waals surface area contributed by atoms with Crippen molar-refractivity contribution in [3.8, 4) is 0 Å². The molecule has 1 fully saturated rings. The van der Waals surface area contributed by atoms with Crippen LogP contribution >= 0.6 is 0 Å². The zero-order valence-corrected chi connectivity index (χ0v) is 15.4. The Balaban J connectivity index is 1.47. The standard InChI is InChI=1S/C20H18F3N5O/c21-20(22,23)13-6-7-17(26-11-13)28-10-2-3-14(12-28)27-19(29)15-4-1-5-16-18(15)25-9-8-24-16/h1,4-9,11,14H,2-3,10,12H2,(H,27,29). The molecule has 29 heavy (non-hydrogen) atoms. The molecule has 4 rings (SSSR count). The smallest absolute Gasteiger partial charge is 0.355 e. The number of amides is 1. The van der Waals surface area contributed by atoms with Crippen molar-refractivity contribution in [1.82, 2.24) is 20.3 Å². The van der Waals surface area contributed by atoms with Crippen molar-refractivity contribution in [3.05, 3.63) is 60.0 Å². The number of hydrogen-bond acceptors (Lipinski definition) is 5. The predicted octanol–water partition coefficient (Wildman–Crippen LogP) is 3.44. The van der Waals surface area contributed by atoms with Crippen LogP contribution in [0, 0.1) is 0 Å². The fraction of sp³-hybridized carbons (Fsp3) is 0.300. The predicted molar refractivity (Wildman–Crippen MR) is 101 cm³/mol. The lowest BCUT2D eigenvalue weighted by Crippen LogP contribution is -2.48. The first kappa shape index (κ1) is 19.1. The summed E-state index contributed by atoms with van der Waals surface area (Å²) in [6.45, 7) is 1.14. The molecule has 1 saturated heterocycles. The van der Waals surface area contributed by atoms with Crippen LogP contribution in [0.2, 0.25) is 0 Å². The number of para-hydroxylation sites is 1. The number of pyridine rings is 1. The number of piperidine rings is 1. The number of aromatic nitrogens is 3. The number of carbonyl (C=O) groups excluding carboxylic acids is 1. The highest BCUT2D eigenvalue weighted by Gasteiger charge is 2.31. The van der Waals surface area contributed by atoms with Crippen molar-refractivity contribution < 1.29 is 18.0 Å². The Morgan fingerprint density at radius 1 is 1.10 bits per heavy atom. The van der Waals surface area contributed by atoms with Crippen molar-refractivity contribution in [3.63, 3.8) is 0 Å². The zero-order chi connectivity index (χ0) is 20.4. The molecule has 150 valence electrons. The minimum atomic E-state index is -4.41. The molecule has 1 aliphatic rings. The van der Waals surface area contributed by atoms with Gasteiger partial charge in [-0.1, -0.05) is 6.07 Å². The van der Waals surface area contributed by atoms with Crippen LogP contribution in [0.1, 0.15) is 28.8 Å². The van der Waals surface area contributed by atoms with Crippen molar-refractivity contribution in [2.45, 2.75) is 25.1 Å². The van der Waals surface area contributed by atoms with E-state index in [1.165, 1.54) is 12.3 Å². The molecule has 1 amide bonds. The van der Waals surface area contributed by atoms with E-state index in [1.54, 1.807) is 24.4 Å². The first-order valence-corrected chi connectivity index (χ1v) is 9.20. The SMILES string of the molecule is O=C(NC1CCCN(c2ccc(C(F)(F)F)cn2)C1)c1cccc2nccnc12. The van der Waals surface area contributed by atoms with Gasteiger partial charge in [0.1, 0.15) is 11.3 Å². The number of anilines is 1. The Labute approximate surface area is 164 Å². The lowest BCUT2D eigenvalue weighted by Gasteiger charge is -2.34. The minimum Gasteiger partial charge on any atom is -0.355 e. The molecule has 9 heteroatoms. The summed E-state index contributed by atoms with van der Waals surface area (Å²) in [5, 5.41) is 3.01. The maximum atomic E-state index is 12.8. The summed E-state index contributed by atoms with van der Waals surface area (Å²) in [6.07, 6.45) is 1.11. The van der Waals surface area contributed by atoms with Crippen LogP contribution in [-0.4, -0.2) is 40.0 Å². The van der Waals surface area contributed by atoms with Crippen molar-refractivity contribution >= 4 is 22.8 Å². The number of nitrogens with one attached hydrogen (secondary N) is 1. The van der Waals surface area contributed by atoms with Gasteiger partial charge in [-0.25, -0.2) is 4.98 Å². The van der Waals surface area contributed by atoms with E-state index in [2.05, 4.69) is 20.3 Å². The molecule has 0 saturated carbocycles. The molecule has 2 aromatic heterocycles. The number of carbonyl (C=O) groups is 1. The third-order valence-corrected chi connectivity index (χ3v) is 4.90. The number of rotatable bonds is 3. The number of nitrogens with zero attached hydrogens (tertiary/aromatic N) is 4. The van der Waals surface area contributed by atoms with Crippen LogP contribution in [0.5, 0.6) is 0 Å². The van der Waals surface area contributed by atoms with Crippen LogP contribution in [0.4, 0.5) is 19.0 Å². The zero-order valence-electron chi connectivity index (χ0n) is 15.4. The molecule has 6 nitrogen and oxygen atoms in total. The number of halogens is 3. The third-order valence-electron chi connectivity index (χ3n) is 4.90. The highest BCUT2D eigenvalue weighted by molar-refractivity contribution is 6.04. The van der Waals surface area contributed by atoms with E-state index in [1.807, 2.05) is 4.90 Å². The van der Waals surface area contributed by atoms with Gasteiger partial charge in [-0.15, -0.1) is 0 Å². The summed E-state index contributed by atoms with van der Waals surface area (Å²) in [4.78, 5) is 27.1.